The quantitative estimate of drug-likeness (QED) is 0.447. The molecule has 1 heterocycles. The molecule has 1 aromatic heterocycles. The molecule has 0 amide bonds. The number of aryl methyl sites for hydroxylation is 2. The topological polar surface area (TPSA) is 34.5 Å². The molecule has 0 saturated heterocycles. The van der Waals surface area contributed by atoms with Gasteiger partial charge in [-0.3, -0.25) is 4.79 Å². The molecule has 0 saturated carbocycles. The third-order valence-electron chi connectivity index (χ3n) is 1.02. The van der Waals surface area contributed by atoms with Crippen LogP contribution >= 0.6 is 0 Å². The molecule has 0 unspecified atom stereocenters. The normalized spacial score (nSPS) is 8.60. The van der Waals surface area contributed by atoms with Gasteiger partial charge in [0.2, 0.25) is 0 Å². The minimum absolute atomic E-state index is 0. The molecule has 0 aliphatic carbocycles. The van der Waals surface area contributed by atoms with Gasteiger partial charge in [0.15, 0.2) is 0 Å². The monoisotopic (exact) mass is 204 g/mol. The van der Waals surface area contributed by atoms with Crippen molar-refractivity contribution in [3.63, 3.8) is 0 Å². The van der Waals surface area contributed by atoms with Crippen LogP contribution in [0, 0.1) is 13.8 Å². The van der Waals surface area contributed by atoms with E-state index in [9.17, 15) is 0 Å². The zero-order valence-electron chi connectivity index (χ0n) is 5.89. The van der Waals surface area contributed by atoms with Gasteiger partial charge in [0.25, 0.3) is 0 Å². The first kappa shape index (κ1) is 9.43. The lowest BCUT2D eigenvalue weighted by Gasteiger charge is -1.88. The largest absolute Gasteiger partial charge is 1.00 e. The summed E-state index contributed by atoms with van der Waals surface area (Å²) in [5.41, 5.74) is 0.260. The van der Waals surface area contributed by atoms with E-state index in [4.69, 9.17) is 9.21 Å². The first-order valence-corrected chi connectivity index (χ1v) is 2.79. The zero-order valence-corrected chi connectivity index (χ0v) is 7.47. The molecule has 0 aliphatic heterocycles. The van der Waals surface area contributed by atoms with Crippen LogP contribution in [0.25, 0.3) is 0 Å². The molecule has 0 fully saturated rings. The number of halogens is 1. The van der Waals surface area contributed by atoms with E-state index in [1.54, 1.807) is 26.0 Å². The van der Waals surface area contributed by atoms with E-state index in [1.165, 1.54) is 0 Å². The van der Waals surface area contributed by atoms with Crippen LogP contribution in [0.3, 0.4) is 0 Å². The average Bonchev–Trinajstić information content (AvgIpc) is 1.59. The predicted octanol–water partition coefficient (Wildman–Crippen LogP) is -2.09. The van der Waals surface area contributed by atoms with E-state index in [2.05, 4.69) is 0 Å². The Hall–Kier alpha value is -0.570. The van der Waals surface area contributed by atoms with Gasteiger partial charge in [0.1, 0.15) is 11.5 Å². The number of rotatable bonds is 0. The SMILES string of the molecule is Cc1cc(=[OH+])cc(C)o1.[Br-]. The molecule has 0 bridgehead atoms. The van der Waals surface area contributed by atoms with Crippen molar-refractivity contribution in [1.82, 2.24) is 0 Å². The fourth-order valence-electron chi connectivity index (χ4n) is 0.771. The van der Waals surface area contributed by atoms with E-state index >= 15 is 0 Å². The maximum Gasteiger partial charge on any atom is 0.346 e. The molecule has 56 valence electrons. The van der Waals surface area contributed by atoms with Crippen LogP contribution in [0.2, 0.25) is 0 Å². The minimum atomic E-state index is 0. The van der Waals surface area contributed by atoms with Crippen molar-refractivity contribution in [2.75, 3.05) is 0 Å². The molecule has 1 rings (SSSR count). The van der Waals surface area contributed by atoms with Crippen molar-refractivity contribution in [3.05, 3.63) is 29.1 Å². The average molecular weight is 205 g/mol. The van der Waals surface area contributed by atoms with E-state index in [-0.39, 0.29) is 22.4 Å². The minimum Gasteiger partial charge on any atom is -1.00 e. The summed E-state index contributed by atoms with van der Waals surface area (Å²) in [5.74, 6) is 1.46. The van der Waals surface area contributed by atoms with Gasteiger partial charge in [0.05, 0.1) is 12.1 Å². The summed E-state index contributed by atoms with van der Waals surface area (Å²) in [5, 5.41) is 0. The van der Waals surface area contributed by atoms with Gasteiger partial charge < -0.3 is 21.4 Å². The van der Waals surface area contributed by atoms with Crippen LogP contribution in [0.4, 0.5) is 0 Å². The lowest BCUT2D eigenvalue weighted by molar-refractivity contribution is -0.00000383. The molecule has 0 atom stereocenters. The van der Waals surface area contributed by atoms with Crippen LogP contribution in [0.15, 0.2) is 16.5 Å². The van der Waals surface area contributed by atoms with Gasteiger partial charge in [-0.2, -0.15) is 0 Å². The molecular formula is C7H9BrO2. The van der Waals surface area contributed by atoms with E-state index < -0.39 is 0 Å². The standard InChI is InChI=1S/C7H8O2.BrH/c1-5-3-7(8)4-6(2)9-5;/h3-4H,1-2H3;1H. The highest BCUT2D eigenvalue weighted by Gasteiger charge is 1.94. The summed E-state index contributed by atoms with van der Waals surface area (Å²) in [7, 11) is 0. The lowest BCUT2D eigenvalue weighted by atomic mass is 10.4. The Balaban J connectivity index is 0.000000810. The maximum absolute atomic E-state index is 8.93. The molecule has 0 radical (unpaired) electrons. The molecule has 0 spiro atoms. The molecule has 1 N–H and O–H groups in total. The van der Waals surface area contributed by atoms with Crippen molar-refractivity contribution in [2.24, 2.45) is 0 Å². The molecule has 2 nitrogen and oxygen atoms in total. The first-order chi connectivity index (χ1) is 4.18. The molecule has 0 aliphatic rings. The number of hydrogen-bond acceptors (Lipinski definition) is 1. The van der Waals surface area contributed by atoms with Crippen LogP contribution in [-0.4, -0.2) is 4.79 Å². The molecular weight excluding hydrogens is 196 g/mol. The second-order valence-corrected chi connectivity index (χ2v) is 2.04. The van der Waals surface area contributed by atoms with Crippen molar-refractivity contribution in [1.29, 1.82) is 0 Å². The van der Waals surface area contributed by atoms with Crippen molar-refractivity contribution in [2.45, 2.75) is 13.8 Å². The van der Waals surface area contributed by atoms with Gasteiger partial charge in [-0.15, -0.1) is 0 Å². The van der Waals surface area contributed by atoms with Crippen molar-refractivity contribution < 1.29 is 26.2 Å². The lowest BCUT2D eigenvalue weighted by Crippen LogP contribution is -3.00. The fraction of sp³-hybridized carbons (Fsp3) is 0.286. The highest BCUT2D eigenvalue weighted by molar-refractivity contribution is 5.00. The highest BCUT2D eigenvalue weighted by atomic mass is 79.9. The molecule has 3 heteroatoms. The Morgan fingerprint density at radius 1 is 1.20 bits per heavy atom. The Morgan fingerprint density at radius 2 is 1.60 bits per heavy atom. The summed E-state index contributed by atoms with van der Waals surface area (Å²) < 4.78 is 5.10. The Kier molecular flexibility index (Phi) is 3.36. The smallest absolute Gasteiger partial charge is 0.346 e. The summed E-state index contributed by atoms with van der Waals surface area (Å²) in [4.78, 5) is 8.93. The summed E-state index contributed by atoms with van der Waals surface area (Å²) in [6, 6.07) is 3.15. The summed E-state index contributed by atoms with van der Waals surface area (Å²) in [6.45, 7) is 3.60. The second kappa shape index (κ2) is 3.56. The van der Waals surface area contributed by atoms with Crippen molar-refractivity contribution >= 4 is 0 Å². The van der Waals surface area contributed by atoms with Crippen LogP contribution in [0.5, 0.6) is 0 Å². The summed E-state index contributed by atoms with van der Waals surface area (Å²) >= 11 is 0. The van der Waals surface area contributed by atoms with Gasteiger partial charge in [-0.05, 0) is 13.8 Å². The van der Waals surface area contributed by atoms with Crippen LogP contribution < -0.4 is 22.4 Å². The molecule has 0 aromatic carbocycles. The van der Waals surface area contributed by atoms with Gasteiger partial charge in [-0.25, -0.2) is 0 Å². The first-order valence-electron chi connectivity index (χ1n) is 2.79. The van der Waals surface area contributed by atoms with E-state index in [0.29, 0.717) is 0 Å². The van der Waals surface area contributed by atoms with Gasteiger partial charge in [-0.1, -0.05) is 0 Å². The molecule has 1 aromatic rings. The Bertz CT molecular complexity index is 241. The Morgan fingerprint density at radius 3 is 1.90 bits per heavy atom. The molecule has 10 heavy (non-hydrogen) atoms. The van der Waals surface area contributed by atoms with Crippen molar-refractivity contribution in [3.8, 4) is 0 Å². The fourth-order valence-corrected chi connectivity index (χ4v) is 0.771. The predicted molar refractivity (Wildman–Crippen MR) is 33.3 cm³/mol. The van der Waals surface area contributed by atoms with E-state index in [0.717, 1.165) is 11.5 Å². The summed E-state index contributed by atoms with van der Waals surface area (Å²) in [6.07, 6.45) is 0. The zero-order chi connectivity index (χ0) is 6.85. The number of hydrogen-bond donors (Lipinski definition) is 0. The Labute approximate surface area is 69.6 Å². The van der Waals surface area contributed by atoms with E-state index in [1.807, 2.05) is 0 Å². The van der Waals surface area contributed by atoms with Gasteiger partial charge >= 0.3 is 5.43 Å². The highest BCUT2D eigenvalue weighted by Crippen LogP contribution is 1.95. The third-order valence-corrected chi connectivity index (χ3v) is 1.02. The van der Waals surface area contributed by atoms with Crippen LogP contribution in [0.1, 0.15) is 11.5 Å². The second-order valence-electron chi connectivity index (χ2n) is 2.04. The van der Waals surface area contributed by atoms with Gasteiger partial charge in [0, 0.05) is 0 Å². The third kappa shape index (κ3) is 2.35. The van der Waals surface area contributed by atoms with Crippen LogP contribution in [-0.2, 0) is 0 Å². The maximum atomic E-state index is 8.93.